The first kappa shape index (κ1) is 24.9. The molecule has 3 heterocycles. The lowest BCUT2D eigenvalue weighted by Gasteiger charge is -2.32. The minimum absolute atomic E-state index is 0.261. The normalized spacial score (nSPS) is 24.5. The highest BCUT2D eigenvalue weighted by Crippen LogP contribution is 2.36. The highest BCUT2D eigenvalue weighted by atomic mass is 16.7. The number of hydrogen-bond acceptors (Lipinski definition) is 7. The zero-order valence-electron chi connectivity index (χ0n) is 22.2. The molecule has 0 spiro atoms. The minimum atomic E-state index is -0.641. The van der Waals surface area contributed by atoms with Gasteiger partial charge in [-0.25, -0.2) is 19.7 Å². The molecule has 3 fully saturated rings. The summed E-state index contributed by atoms with van der Waals surface area (Å²) in [4.78, 5) is 31.5. The molecule has 9 nitrogen and oxygen atoms in total. The lowest BCUT2D eigenvalue weighted by atomic mass is 9.80. The van der Waals surface area contributed by atoms with Crippen molar-refractivity contribution in [1.29, 1.82) is 0 Å². The van der Waals surface area contributed by atoms with Gasteiger partial charge in [0.05, 0.1) is 0 Å². The van der Waals surface area contributed by atoms with E-state index in [1.807, 2.05) is 18.2 Å². The zero-order chi connectivity index (χ0) is 26.2. The van der Waals surface area contributed by atoms with Gasteiger partial charge < -0.3 is 14.7 Å². The van der Waals surface area contributed by atoms with Crippen LogP contribution in [0.15, 0.2) is 36.9 Å². The Morgan fingerprint density at radius 1 is 1.13 bits per heavy atom. The number of rotatable bonds is 8. The van der Waals surface area contributed by atoms with Gasteiger partial charge in [-0.1, -0.05) is 63.1 Å². The molecule has 38 heavy (non-hydrogen) atoms. The van der Waals surface area contributed by atoms with Crippen LogP contribution < -0.4 is 16.1 Å². The molecule has 3 aliphatic rings. The van der Waals surface area contributed by atoms with Crippen molar-refractivity contribution < 1.29 is 9.63 Å². The summed E-state index contributed by atoms with van der Waals surface area (Å²) in [6.45, 7) is 9.89. The Balaban J connectivity index is 1.47. The molecule has 200 valence electrons. The molecule has 0 radical (unpaired) electrons. The fraction of sp³-hybridized carbons (Fsp3) is 0.517. The molecule has 2 saturated carbocycles. The first-order valence-corrected chi connectivity index (χ1v) is 14.0. The van der Waals surface area contributed by atoms with Gasteiger partial charge in [0.25, 0.3) is 0 Å². The number of anilines is 1. The quantitative estimate of drug-likeness (QED) is 0.361. The fourth-order valence-corrected chi connectivity index (χ4v) is 5.91. The Labute approximate surface area is 223 Å². The molecule has 1 unspecified atom stereocenters. The summed E-state index contributed by atoms with van der Waals surface area (Å²) < 4.78 is 2.29. The van der Waals surface area contributed by atoms with Crippen molar-refractivity contribution in [3.05, 3.63) is 54.1 Å². The van der Waals surface area contributed by atoms with Crippen LogP contribution in [0.4, 0.5) is 10.6 Å². The number of hydroxylamine groups is 1. The number of fused-ring (bicyclic) bond motifs is 1. The molecule has 1 aliphatic heterocycles. The van der Waals surface area contributed by atoms with Gasteiger partial charge in [0.1, 0.15) is 11.3 Å². The second-order valence-electron chi connectivity index (χ2n) is 11.3. The van der Waals surface area contributed by atoms with Gasteiger partial charge in [0, 0.05) is 18.2 Å². The van der Waals surface area contributed by atoms with E-state index in [2.05, 4.69) is 53.2 Å². The summed E-state index contributed by atoms with van der Waals surface area (Å²) in [6.07, 6.45) is 7.44. The zero-order valence-corrected chi connectivity index (χ0v) is 22.2. The van der Waals surface area contributed by atoms with Crippen LogP contribution in [0.25, 0.3) is 16.7 Å². The fourth-order valence-electron chi connectivity index (χ4n) is 5.91. The van der Waals surface area contributed by atoms with Gasteiger partial charge in [0.15, 0.2) is 23.5 Å². The smallest absolute Gasteiger partial charge is 0.365 e. The van der Waals surface area contributed by atoms with Crippen molar-refractivity contribution in [2.75, 3.05) is 5.32 Å². The molecule has 6 rings (SSSR count). The number of hydrogen-bond donors (Lipinski definition) is 3. The van der Waals surface area contributed by atoms with Crippen LogP contribution in [0, 0.1) is 17.8 Å². The first-order valence-electron chi connectivity index (χ1n) is 14.0. The SMILES string of the molecule is C=C(c1ccccc1)c1nc2nc(C3NOC(=O)N3)nc(N[C@H](C)C3CCC3)c2n1CC1CCC(C)CC1. The average molecular weight is 516 g/mol. The number of carbonyl (C=O) groups excluding carboxylic acids is 1. The van der Waals surface area contributed by atoms with E-state index in [1.165, 1.54) is 44.9 Å². The monoisotopic (exact) mass is 515 g/mol. The van der Waals surface area contributed by atoms with E-state index in [0.717, 1.165) is 40.8 Å². The van der Waals surface area contributed by atoms with Crippen LogP contribution in [0.2, 0.25) is 0 Å². The number of amides is 1. The van der Waals surface area contributed by atoms with Crippen molar-refractivity contribution in [2.24, 2.45) is 17.8 Å². The van der Waals surface area contributed by atoms with Crippen LogP contribution >= 0.6 is 0 Å². The molecule has 9 heteroatoms. The topological polar surface area (TPSA) is 106 Å². The summed E-state index contributed by atoms with van der Waals surface area (Å²) in [5.41, 5.74) is 6.08. The summed E-state index contributed by atoms with van der Waals surface area (Å²) in [6, 6.07) is 10.5. The van der Waals surface area contributed by atoms with Gasteiger partial charge in [-0.15, -0.1) is 5.48 Å². The van der Waals surface area contributed by atoms with E-state index in [4.69, 9.17) is 19.8 Å². The Hall–Kier alpha value is -3.46. The Kier molecular flexibility index (Phi) is 6.78. The number of benzene rings is 1. The molecule has 0 bridgehead atoms. The lowest BCUT2D eigenvalue weighted by molar-refractivity contribution is 0.120. The van der Waals surface area contributed by atoms with Crippen molar-refractivity contribution >= 4 is 28.6 Å². The van der Waals surface area contributed by atoms with E-state index in [1.54, 1.807) is 0 Å². The maximum atomic E-state index is 11.7. The van der Waals surface area contributed by atoms with Gasteiger partial charge in [-0.05, 0) is 55.9 Å². The molecule has 2 aromatic heterocycles. The van der Waals surface area contributed by atoms with Crippen LogP contribution in [-0.4, -0.2) is 31.7 Å². The molecule has 2 atom stereocenters. The molecular formula is C29H37N7O2. The number of carbonyl (C=O) groups is 1. The Bertz CT molecular complexity index is 1330. The second-order valence-corrected chi connectivity index (χ2v) is 11.3. The minimum Gasteiger partial charge on any atom is -0.365 e. The number of nitrogens with one attached hydrogen (secondary N) is 3. The average Bonchev–Trinajstić information content (AvgIpc) is 3.48. The first-order chi connectivity index (χ1) is 18.5. The van der Waals surface area contributed by atoms with E-state index >= 15 is 0 Å². The number of aromatic nitrogens is 4. The molecule has 1 saturated heterocycles. The van der Waals surface area contributed by atoms with Gasteiger partial charge in [-0.3, -0.25) is 5.32 Å². The standard InChI is InChI=1S/C29H37N7O2/c1-17-12-14-20(15-13-17)16-36-23-24(30-19(3)22-10-7-11-22)31-26(27-34-29(37)38-35-27)32-25(23)33-28(36)18(2)21-8-5-4-6-9-21/h4-6,8-9,17,19-20,22,27,35H,2,7,10-16H2,1,3H3,(H,34,37)(H,30,31,32)/t17?,19-,20?,27?/m1/s1. The molecular weight excluding hydrogens is 478 g/mol. The van der Waals surface area contributed by atoms with E-state index in [-0.39, 0.29) is 6.04 Å². The third-order valence-corrected chi connectivity index (χ3v) is 8.60. The van der Waals surface area contributed by atoms with Crippen molar-refractivity contribution in [3.63, 3.8) is 0 Å². The largest absolute Gasteiger partial charge is 0.427 e. The van der Waals surface area contributed by atoms with E-state index in [0.29, 0.717) is 23.3 Å². The molecule has 2 aliphatic carbocycles. The van der Waals surface area contributed by atoms with Crippen LogP contribution in [0.5, 0.6) is 0 Å². The van der Waals surface area contributed by atoms with Gasteiger partial charge in [-0.2, -0.15) is 0 Å². The predicted octanol–water partition coefficient (Wildman–Crippen LogP) is 5.56. The highest BCUT2D eigenvalue weighted by Gasteiger charge is 2.31. The van der Waals surface area contributed by atoms with E-state index in [9.17, 15) is 4.79 Å². The Morgan fingerprint density at radius 2 is 1.89 bits per heavy atom. The summed E-state index contributed by atoms with van der Waals surface area (Å²) in [5.74, 6) is 3.94. The van der Waals surface area contributed by atoms with Crippen molar-refractivity contribution in [2.45, 2.75) is 77.5 Å². The van der Waals surface area contributed by atoms with Crippen LogP contribution in [-0.2, 0) is 11.4 Å². The maximum Gasteiger partial charge on any atom is 0.427 e. The van der Waals surface area contributed by atoms with Crippen molar-refractivity contribution in [3.8, 4) is 0 Å². The molecule has 1 amide bonds. The maximum absolute atomic E-state index is 11.7. The van der Waals surface area contributed by atoms with Crippen molar-refractivity contribution in [1.82, 2.24) is 30.3 Å². The summed E-state index contributed by atoms with van der Waals surface area (Å²) >= 11 is 0. The predicted molar refractivity (Wildman–Crippen MR) is 147 cm³/mol. The highest BCUT2D eigenvalue weighted by molar-refractivity contribution is 5.88. The van der Waals surface area contributed by atoms with Gasteiger partial charge >= 0.3 is 6.09 Å². The third-order valence-electron chi connectivity index (χ3n) is 8.60. The Morgan fingerprint density at radius 3 is 2.55 bits per heavy atom. The molecule has 1 aromatic carbocycles. The molecule has 3 aromatic rings. The van der Waals surface area contributed by atoms with Crippen LogP contribution in [0.3, 0.4) is 0 Å². The number of nitrogens with zero attached hydrogens (tertiary/aromatic N) is 4. The summed E-state index contributed by atoms with van der Waals surface area (Å²) in [7, 11) is 0. The van der Waals surface area contributed by atoms with Gasteiger partial charge in [0.2, 0.25) is 0 Å². The lowest BCUT2D eigenvalue weighted by Crippen LogP contribution is -2.32. The van der Waals surface area contributed by atoms with E-state index < -0.39 is 12.3 Å². The third kappa shape index (κ3) is 4.87. The van der Waals surface area contributed by atoms with Crippen LogP contribution in [0.1, 0.15) is 82.2 Å². The molecule has 3 N–H and O–H groups in total. The second kappa shape index (κ2) is 10.4. The summed E-state index contributed by atoms with van der Waals surface area (Å²) in [5, 5.41) is 6.44. The number of imidazole rings is 1.